The zero-order chi connectivity index (χ0) is 19.9. The molecule has 150 valence electrons. The van der Waals surface area contributed by atoms with E-state index in [0.717, 1.165) is 18.5 Å². The number of amides is 1. The van der Waals surface area contributed by atoms with E-state index in [4.69, 9.17) is 4.74 Å². The Kier molecular flexibility index (Phi) is 4.91. The number of ether oxygens (including phenoxy) is 1. The number of aliphatic hydroxyl groups excluding tert-OH is 1. The van der Waals surface area contributed by atoms with E-state index in [9.17, 15) is 9.90 Å². The van der Waals surface area contributed by atoms with Crippen LogP contribution in [0.4, 0.5) is 4.79 Å². The minimum Gasteiger partial charge on any atom is -0.444 e. The molecule has 28 heavy (non-hydrogen) atoms. The van der Waals surface area contributed by atoms with Gasteiger partial charge in [-0.05, 0) is 51.5 Å². The molecule has 0 saturated carbocycles. The van der Waals surface area contributed by atoms with Crippen LogP contribution >= 0.6 is 0 Å². The zero-order valence-electron chi connectivity index (χ0n) is 16.8. The Morgan fingerprint density at radius 1 is 1.29 bits per heavy atom. The molecule has 6 nitrogen and oxygen atoms in total. The molecule has 4 rings (SSSR count). The van der Waals surface area contributed by atoms with E-state index in [2.05, 4.69) is 27.8 Å². The minimum absolute atomic E-state index is 0.118. The van der Waals surface area contributed by atoms with Crippen molar-refractivity contribution in [2.75, 3.05) is 13.1 Å². The van der Waals surface area contributed by atoms with Crippen LogP contribution in [-0.4, -0.2) is 50.4 Å². The number of aliphatic hydroxyl groups is 1. The molecule has 1 fully saturated rings. The summed E-state index contributed by atoms with van der Waals surface area (Å²) in [5, 5.41) is 11.0. The predicted molar refractivity (Wildman–Crippen MR) is 107 cm³/mol. The second-order valence-corrected chi connectivity index (χ2v) is 8.90. The summed E-state index contributed by atoms with van der Waals surface area (Å²) in [4.78, 5) is 18.3. The monoisotopic (exact) mass is 383 g/mol. The largest absolute Gasteiger partial charge is 0.444 e. The Bertz CT molecular complexity index is 847. The van der Waals surface area contributed by atoms with Gasteiger partial charge in [-0.3, -0.25) is 0 Å². The van der Waals surface area contributed by atoms with Crippen molar-refractivity contribution in [1.29, 1.82) is 0 Å². The van der Waals surface area contributed by atoms with Crippen molar-refractivity contribution in [3.8, 4) is 11.3 Å². The van der Waals surface area contributed by atoms with Gasteiger partial charge in [0.05, 0.1) is 30.4 Å². The van der Waals surface area contributed by atoms with Crippen molar-refractivity contribution in [2.45, 2.75) is 57.8 Å². The Morgan fingerprint density at radius 2 is 2.00 bits per heavy atom. The number of fused-ring (bicyclic) bond motifs is 3. The molecule has 2 aliphatic heterocycles. The third kappa shape index (κ3) is 3.65. The van der Waals surface area contributed by atoms with E-state index in [1.807, 2.05) is 39.4 Å². The number of aromatic nitrogens is 2. The fourth-order valence-corrected chi connectivity index (χ4v) is 4.39. The number of rotatable bonds is 3. The molecule has 1 aromatic heterocycles. The number of hydrogen-bond donors (Lipinski definition) is 1. The molecule has 1 unspecified atom stereocenters. The van der Waals surface area contributed by atoms with E-state index in [1.165, 1.54) is 11.1 Å². The lowest BCUT2D eigenvalue weighted by Gasteiger charge is -2.35. The van der Waals surface area contributed by atoms with Crippen LogP contribution in [0.2, 0.25) is 0 Å². The zero-order valence-corrected chi connectivity index (χ0v) is 16.8. The highest BCUT2D eigenvalue weighted by Crippen LogP contribution is 2.42. The quantitative estimate of drug-likeness (QED) is 0.874. The molecule has 0 radical (unpaired) electrons. The fourth-order valence-electron chi connectivity index (χ4n) is 4.39. The van der Waals surface area contributed by atoms with E-state index < -0.39 is 11.7 Å². The number of benzene rings is 1. The smallest absolute Gasteiger partial charge is 0.410 e. The van der Waals surface area contributed by atoms with Gasteiger partial charge in [-0.25, -0.2) is 9.78 Å². The lowest BCUT2D eigenvalue weighted by molar-refractivity contribution is 0.00557. The first-order chi connectivity index (χ1) is 13.3. The highest BCUT2D eigenvalue weighted by Gasteiger charge is 2.34. The minimum atomic E-state index is -0.480. The number of imidazole rings is 1. The first-order valence-electron chi connectivity index (χ1n) is 10.1. The SMILES string of the molecule is CC(C)(C)OC(=O)N1CCC([C@H](O)CC2c3ccccc3-c3cncn32)CC1. The van der Waals surface area contributed by atoms with Gasteiger partial charge in [0.15, 0.2) is 0 Å². The van der Waals surface area contributed by atoms with Gasteiger partial charge in [-0.15, -0.1) is 0 Å². The van der Waals surface area contributed by atoms with Gasteiger partial charge < -0.3 is 19.3 Å². The fraction of sp³-hybridized carbons (Fsp3) is 0.545. The van der Waals surface area contributed by atoms with Gasteiger partial charge in [0.2, 0.25) is 0 Å². The molecule has 2 aliphatic rings. The third-order valence-electron chi connectivity index (χ3n) is 5.80. The summed E-state index contributed by atoms with van der Waals surface area (Å²) in [6, 6.07) is 8.48. The number of likely N-dealkylation sites (tertiary alicyclic amines) is 1. The van der Waals surface area contributed by atoms with E-state index in [1.54, 1.807) is 4.90 Å². The molecule has 3 heterocycles. The Balaban J connectivity index is 1.38. The van der Waals surface area contributed by atoms with E-state index in [-0.39, 0.29) is 18.1 Å². The maximum Gasteiger partial charge on any atom is 0.410 e. The number of hydrogen-bond acceptors (Lipinski definition) is 4. The molecule has 0 aliphatic carbocycles. The molecule has 1 N–H and O–H groups in total. The summed E-state index contributed by atoms with van der Waals surface area (Å²) < 4.78 is 7.63. The van der Waals surface area contributed by atoms with Crippen molar-refractivity contribution in [3.63, 3.8) is 0 Å². The van der Waals surface area contributed by atoms with E-state index >= 15 is 0 Å². The van der Waals surface area contributed by atoms with Crippen molar-refractivity contribution < 1.29 is 14.6 Å². The van der Waals surface area contributed by atoms with Crippen LogP contribution in [0.25, 0.3) is 11.3 Å². The van der Waals surface area contributed by atoms with E-state index in [0.29, 0.717) is 19.5 Å². The Hall–Kier alpha value is -2.34. The first-order valence-corrected chi connectivity index (χ1v) is 10.1. The molecule has 0 spiro atoms. The maximum absolute atomic E-state index is 12.2. The molecule has 1 saturated heterocycles. The lowest BCUT2D eigenvalue weighted by atomic mass is 9.86. The van der Waals surface area contributed by atoms with Gasteiger partial charge >= 0.3 is 6.09 Å². The van der Waals surface area contributed by atoms with Crippen LogP contribution in [0, 0.1) is 5.92 Å². The summed E-state index contributed by atoms with van der Waals surface area (Å²) in [6.07, 6.45) is 5.34. The number of carbonyl (C=O) groups is 1. The molecule has 1 amide bonds. The second-order valence-electron chi connectivity index (χ2n) is 8.90. The molecule has 0 bridgehead atoms. The van der Waals surface area contributed by atoms with Gasteiger partial charge in [0.25, 0.3) is 0 Å². The molecule has 6 heteroatoms. The topological polar surface area (TPSA) is 67.6 Å². The molecule has 1 aromatic carbocycles. The summed E-state index contributed by atoms with van der Waals surface area (Å²) in [6.45, 7) is 6.91. The molecule has 2 atom stereocenters. The number of nitrogens with zero attached hydrogens (tertiary/aromatic N) is 3. The van der Waals surface area contributed by atoms with Gasteiger partial charge in [-0.2, -0.15) is 0 Å². The average Bonchev–Trinajstić information content (AvgIpc) is 3.23. The second kappa shape index (κ2) is 7.24. The van der Waals surface area contributed by atoms with Gasteiger partial charge in [0.1, 0.15) is 5.60 Å². The Morgan fingerprint density at radius 3 is 2.71 bits per heavy atom. The van der Waals surface area contributed by atoms with Crippen molar-refractivity contribution in [3.05, 3.63) is 42.4 Å². The highest BCUT2D eigenvalue weighted by molar-refractivity contribution is 5.69. The predicted octanol–water partition coefficient (Wildman–Crippen LogP) is 3.85. The lowest BCUT2D eigenvalue weighted by Crippen LogP contribution is -2.43. The van der Waals surface area contributed by atoms with Crippen LogP contribution in [0.15, 0.2) is 36.8 Å². The Labute approximate surface area is 166 Å². The standard InChI is InChI=1S/C22H29N3O3/c1-22(2,3)28-21(27)24-10-8-15(9-11-24)20(26)12-18-16-6-4-5-7-17(16)19-13-23-14-25(18)19/h4-7,13-15,18,20,26H,8-12H2,1-3H3/t18?,20-/m1/s1. The van der Waals surface area contributed by atoms with Crippen molar-refractivity contribution in [1.82, 2.24) is 14.5 Å². The van der Waals surface area contributed by atoms with Crippen LogP contribution in [0.5, 0.6) is 0 Å². The van der Waals surface area contributed by atoms with Crippen molar-refractivity contribution in [2.24, 2.45) is 5.92 Å². The average molecular weight is 383 g/mol. The van der Waals surface area contributed by atoms with Gasteiger partial charge in [0, 0.05) is 18.7 Å². The number of piperidine rings is 1. The molecular formula is C22H29N3O3. The van der Waals surface area contributed by atoms with Crippen molar-refractivity contribution >= 4 is 6.09 Å². The number of carbonyl (C=O) groups excluding carboxylic acids is 1. The molecule has 2 aromatic rings. The summed E-state index contributed by atoms with van der Waals surface area (Å²) in [5.41, 5.74) is 3.10. The van der Waals surface area contributed by atoms with Crippen LogP contribution in [0.1, 0.15) is 51.6 Å². The first kappa shape index (κ1) is 19.0. The highest BCUT2D eigenvalue weighted by atomic mass is 16.6. The maximum atomic E-state index is 12.2. The third-order valence-corrected chi connectivity index (χ3v) is 5.80. The summed E-state index contributed by atoms with van der Waals surface area (Å²) in [7, 11) is 0. The van der Waals surface area contributed by atoms with Gasteiger partial charge in [-0.1, -0.05) is 24.3 Å². The van der Waals surface area contributed by atoms with Crippen LogP contribution in [-0.2, 0) is 4.74 Å². The summed E-state index contributed by atoms with van der Waals surface area (Å²) >= 11 is 0. The van der Waals surface area contributed by atoms with Crippen LogP contribution < -0.4 is 0 Å². The van der Waals surface area contributed by atoms with Crippen LogP contribution in [0.3, 0.4) is 0 Å². The summed E-state index contributed by atoms with van der Waals surface area (Å²) in [5.74, 6) is 0.193. The normalized spacial score (nSPS) is 20.6. The molecular weight excluding hydrogens is 354 g/mol.